The van der Waals surface area contributed by atoms with Crippen LogP contribution < -0.4 is 11.0 Å². The molecule has 1 N–H and O–H groups in total. The summed E-state index contributed by atoms with van der Waals surface area (Å²) in [5.41, 5.74) is 1.37. The summed E-state index contributed by atoms with van der Waals surface area (Å²) in [7, 11) is 4.44. The van der Waals surface area contributed by atoms with Crippen molar-refractivity contribution in [3.05, 3.63) is 124 Å². The number of amides is 1. The first-order valence-corrected chi connectivity index (χ1v) is 16.1. The number of hydrogen-bond acceptors (Lipinski definition) is 4. The van der Waals surface area contributed by atoms with Crippen molar-refractivity contribution in [3.8, 4) is 28.8 Å². The van der Waals surface area contributed by atoms with Crippen LogP contribution in [0.25, 0.3) is 22.8 Å². The Morgan fingerprint density at radius 2 is 1.65 bits per heavy atom. The Hall–Kier alpha value is -5.41. The van der Waals surface area contributed by atoms with E-state index in [-0.39, 0.29) is 23.1 Å². The van der Waals surface area contributed by atoms with Gasteiger partial charge in [-0.1, -0.05) is 36.4 Å². The number of nitriles is 1. The first-order valence-electron chi connectivity index (χ1n) is 16.1. The van der Waals surface area contributed by atoms with Crippen LogP contribution in [0.5, 0.6) is 0 Å². The molecule has 2 aromatic heterocycles. The topological polar surface area (TPSA) is 97.6 Å². The highest BCUT2D eigenvalue weighted by Crippen LogP contribution is 2.33. The molecule has 1 amide bonds. The minimum absolute atomic E-state index is 0.0199. The van der Waals surface area contributed by atoms with Crippen LogP contribution in [0.1, 0.15) is 48.1 Å². The molecular weight excluding hydrogens is 631 g/mol. The molecule has 5 aromatic rings. The van der Waals surface area contributed by atoms with E-state index in [2.05, 4.69) is 42.7 Å². The molecule has 3 aromatic carbocycles. The van der Waals surface area contributed by atoms with Crippen molar-refractivity contribution < 1.29 is 22.4 Å². The van der Waals surface area contributed by atoms with E-state index in [0.29, 0.717) is 35.8 Å². The van der Waals surface area contributed by atoms with Gasteiger partial charge in [-0.3, -0.25) is 4.57 Å². The van der Waals surface area contributed by atoms with Crippen molar-refractivity contribution in [1.29, 1.82) is 5.26 Å². The fraction of sp³-hybridized carbons (Fsp3) is 0.297. The largest absolute Gasteiger partial charge is 0.416 e. The van der Waals surface area contributed by atoms with Crippen LogP contribution in [0, 0.1) is 18.3 Å². The van der Waals surface area contributed by atoms with E-state index in [1.54, 1.807) is 37.3 Å². The lowest BCUT2D eigenvalue weighted by atomic mass is 9.89. The fourth-order valence-corrected chi connectivity index (χ4v) is 6.93. The van der Waals surface area contributed by atoms with Crippen molar-refractivity contribution in [2.45, 2.75) is 57.4 Å². The van der Waals surface area contributed by atoms with E-state index in [1.807, 2.05) is 18.2 Å². The number of benzene rings is 3. The number of imidazole rings is 1. The van der Waals surface area contributed by atoms with Crippen LogP contribution in [0.4, 0.5) is 18.0 Å². The Morgan fingerprint density at radius 1 is 0.959 bits per heavy atom. The summed E-state index contributed by atoms with van der Waals surface area (Å²) in [6, 6.07) is 24.7. The number of halogens is 3. The highest BCUT2D eigenvalue weighted by Gasteiger charge is 2.35. The van der Waals surface area contributed by atoms with Gasteiger partial charge in [0.1, 0.15) is 12.2 Å². The Balaban J connectivity index is 1.34. The van der Waals surface area contributed by atoms with E-state index in [4.69, 9.17) is 0 Å². The molecule has 1 fully saturated rings. The maximum absolute atomic E-state index is 14.2. The van der Waals surface area contributed by atoms with E-state index < -0.39 is 23.5 Å². The number of rotatable bonds is 7. The first-order chi connectivity index (χ1) is 23.4. The molecule has 0 saturated heterocycles. The minimum Gasteiger partial charge on any atom is -0.335 e. The zero-order valence-corrected chi connectivity index (χ0v) is 27.5. The third kappa shape index (κ3) is 6.80. The quantitative estimate of drug-likeness (QED) is 0.192. The Morgan fingerprint density at radius 3 is 2.31 bits per heavy atom. The molecule has 49 heavy (non-hydrogen) atoms. The Kier molecular flexibility index (Phi) is 9.05. The van der Waals surface area contributed by atoms with E-state index in [9.17, 15) is 28.0 Å². The number of carbonyl (C=O) groups excluding carboxylic acids is 1. The van der Waals surface area contributed by atoms with Gasteiger partial charge in [-0.05, 0) is 68.3 Å². The average Bonchev–Trinajstić information content (AvgIpc) is 3.66. The van der Waals surface area contributed by atoms with E-state index in [0.717, 1.165) is 45.1 Å². The molecule has 0 unspecified atom stereocenters. The molecule has 0 atom stereocenters. The summed E-state index contributed by atoms with van der Waals surface area (Å²) in [6.45, 7) is 2.48. The number of aromatic nitrogens is 4. The molecule has 12 heteroatoms. The molecule has 1 aliphatic rings. The number of carbonyl (C=O) groups is 1. The van der Waals surface area contributed by atoms with Gasteiger partial charge in [0.25, 0.3) is 0 Å². The molecule has 2 heterocycles. The summed E-state index contributed by atoms with van der Waals surface area (Å²) in [4.78, 5) is 28.3. The van der Waals surface area contributed by atoms with Gasteiger partial charge in [-0.15, -0.1) is 0 Å². The van der Waals surface area contributed by atoms with Crippen LogP contribution in [0.15, 0.2) is 95.9 Å². The number of hydrogen-bond donors (Lipinski definition) is 1. The third-order valence-corrected chi connectivity index (χ3v) is 9.49. The lowest BCUT2D eigenvalue weighted by molar-refractivity contribution is -0.929. The molecular formula is C37H37F3N7O2+. The average molecular weight is 669 g/mol. The second-order valence-electron chi connectivity index (χ2n) is 13.1. The van der Waals surface area contributed by atoms with Crippen molar-refractivity contribution in [2.24, 2.45) is 0 Å². The zero-order valence-electron chi connectivity index (χ0n) is 27.5. The summed E-state index contributed by atoms with van der Waals surface area (Å²) < 4.78 is 45.6. The van der Waals surface area contributed by atoms with Crippen LogP contribution in [0.2, 0.25) is 0 Å². The zero-order chi connectivity index (χ0) is 34.9. The van der Waals surface area contributed by atoms with Crippen molar-refractivity contribution in [3.63, 3.8) is 0 Å². The summed E-state index contributed by atoms with van der Waals surface area (Å²) in [6.07, 6.45) is 0.0706. The smallest absolute Gasteiger partial charge is 0.335 e. The molecule has 1 saturated carbocycles. The molecule has 0 aliphatic heterocycles. The summed E-state index contributed by atoms with van der Waals surface area (Å²) in [5, 5.41) is 16.7. The highest BCUT2D eigenvalue weighted by atomic mass is 19.4. The van der Waals surface area contributed by atoms with Gasteiger partial charge < -0.3 is 9.80 Å². The summed E-state index contributed by atoms with van der Waals surface area (Å²) >= 11 is 0. The van der Waals surface area contributed by atoms with Crippen molar-refractivity contribution in [2.75, 3.05) is 14.1 Å². The molecule has 9 nitrogen and oxygen atoms in total. The third-order valence-electron chi connectivity index (χ3n) is 9.49. The monoisotopic (exact) mass is 668 g/mol. The van der Waals surface area contributed by atoms with Crippen molar-refractivity contribution in [1.82, 2.24) is 24.2 Å². The number of nitrogens with one attached hydrogen (secondary N) is 1. The minimum atomic E-state index is -4.63. The predicted molar refractivity (Wildman–Crippen MR) is 179 cm³/mol. The maximum Gasteiger partial charge on any atom is 0.416 e. The van der Waals surface area contributed by atoms with Crippen molar-refractivity contribution >= 4 is 6.03 Å². The molecule has 0 radical (unpaired) electrons. The lowest BCUT2D eigenvalue weighted by Crippen LogP contribution is -2.52. The van der Waals surface area contributed by atoms with Crippen LogP contribution in [-0.4, -0.2) is 55.6 Å². The predicted octanol–water partition coefficient (Wildman–Crippen LogP) is 6.84. The second kappa shape index (κ2) is 13.2. The normalized spacial score (nSPS) is 16.7. The fourth-order valence-electron chi connectivity index (χ4n) is 6.93. The highest BCUT2D eigenvalue weighted by molar-refractivity contribution is 5.83. The number of nitrogens with zero attached hydrogens (tertiary/aromatic N) is 6. The van der Waals surface area contributed by atoms with Gasteiger partial charge in [0, 0.05) is 24.4 Å². The van der Waals surface area contributed by atoms with Crippen LogP contribution >= 0.6 is 0 Å². The first kappa shape index (κ1) is 33.5. The lowest BCUT2D eigenvalue weighted by Gasteiger charge is -2.42. The van der Waals surface area contributed by atoms with E-state index in [1.165, 1.54) is 28.6 Å². The SMILES string of the molecule is Cc1c(-c2ccnn2-c2ccc(C#N)cc2)n(C(=O)N[C@H]2CC[C@H]([N+](C)(C)Cc3ccccc3)CC2)c(=O)n1-c1cccc(C(F)(F)F)c1. The Bertz CT molecular complexity index is 2060. The van der Waals surface area contributed by atoms with Gasteiger partial charge >= 0.3 is 17.9 Å². The molecule has 0 spiro atoms. The van der Waals surface area contributed by atoms with Gasteiger partial charge in [0.15, 0.2) is 0 Å². The van der Waals surface area contributed by atoms with Gasteiger partial charge in [0.2, 0.25) is 0 Å². The molecule has 6 rings (SSSR count). The van der Waals surface area contributed by atoms with Gasteiger partial charge in [0.05, 0.1) is 66.3 Å². The number of quaternary nitrogens is 1. The molecule has 1 aliphatic carbocycles. The van der Waals surface area contributed by atoms with Gasteiger partial charge in [-0.2, -0.15) is 23.5 Å². The van der Waals surface area contributed by atoms with E-state index >= 15 is 0 Å². The molecule has 0 bridgehead atoms. The van der Waals surface area contributed by atoms with Crippen LogP contribution in [-0.2, 0) is 12.7 Å². The van der Waals surface area contributed by atoms with Crippen LogP contribution in [0.3, 0.4) is 0 Å². The maximum atomic E-state index is 14.2. The standard InChI is InChI=1S/C37H36F3N7O2/c1-25-34(33-20-21-42-46(33)30-16-12-26(23-41)13-17-30)45(36(49)44(25)31-11-7-10-28(22-31)37(38,39)40)35(48)43-29-14-18-32(19-15-29)47(2,3)24-27-8-5-4-6-9-27/h4-13,16-17,20-22,29,32H,14-15,18-19,24H2,1-3H3/p+1/t29-,32-. The Labute approximate surface area is 282 Å². The molecule has 252 valence electrons. The summed E-state index contributed by atoms with van der Waals surface area (Å²) in [5.74, 6) is 0. The second-order valence-corrected chi connectivity index (χ2v) is 13.1. The number of alkyl halides is 3. The van der Waals surface area contributed by atoms with Gasteiger partial charge in [-0.25, -0.2) is 18.8 Å².